The molecule has 4 heteroatoms. The molecule has 0 spiro atoms. The molecule has 3 nitrogen and oxygen atoms in total. The third-order valence-corrected chi connectivity index (χ3v) is 11.0. The number of fused-ring (bicyclic) bond motifs is 4. The van der Waals surface area contributed by atoms with Crippen molar-refractivity contribution in [1.29, 1.82) is 0 Å². The first kappa shape index (κ1) is 31.0. The highest BCUT2D eigenvalue weighted by atomic mass is 32.1. The molecule has 0 N–H and O–H groups in total. The zero-order chi connectivity index (χ0) is 35.1. The smallest absolute Gasteiger partial charge is 0.160 e. The lowest BCUT2D eigenvalue weighted by Gasteiger charge is -2.12. The van der Waals surface area contributed by atoms with Crippen LogP contribution in [0.5, 0.6) is 0 Å². The molecule has 0 aliphatic carbocycles. The molecule has 0 aliphatic rings. The molecule has 0 bridgehead atoms. The standard InChI is InChI=1S/C49H31N3S/c1-3-12-32(13-4-1)41-30-43(50-44(31-41)39-27-24-33-14-7-8-17-37(33)28-39)35-25-22-34(23-26-35)38-18-11-19-40(29-38)49-51-46(36-15-5-2-6-16-36)48-47(52-49)42-20-9-10-21-45(42)53-48/h1-31H. The lowest BCUT2D eigenvalue weighted by molar-refractivity contribution is 1.24. The minimum atomic E-state index is 0.724. The van der Waals surface area contributed by atoms with Crippen molar-refractivity contribution in [1.82, 2.24) is 15.0 Å². The molecule has 10 rings (SSSR count). The summed E-state index contributed by atoms with van der Waals surface area (Å²) in [6.45, 7) is 0. The average Bonchev–Trinajstić information content (AvgIpc) is 3.62. The van der Waals surface area contributed by atoms with Crippen molar-refractivity contribution in [3.05, 3.63) is 188 Å². The van der Waals surface area contributed by atoms with Crippen molar-refractivity contribution in [2.24, 2.45) is 0 Å². The summed E-state index contributed by atoms with van der Waals surface area (Å²) in [5.41, 5.74) is 12.6. The Morgan fingerprint density at radius 1 is 0.340 bits per heavy atom. The number of thiophene rings is 1. The highest BCUT2D eigenvalue weighted by Crippen LogP contribution is 2.40. The van der Waals surface area contributed by atoms with Crippen LogP contribution < -0.4 is 0 Å². The second-order valence-corrected chi connectivity index (χ2v) is 14.3. The van der Waals surface area contributed by atoms with E-state index in [9.17, 15) is 0 Å². The summed E-state index contributed by atoms with van der Waals surface area (Å²) < 4.78 is 2.33. The Morgan fingerprint density at radius 2 is 0.943 bits per heavy atom. The van der Waals surface area contributed by atoms with Crippen molar-refractivity contribution in [3.8, 4) is 67.4 Å². The molecule has 0 saturated carbocycles. The number of aromatic nitrogens is 3. The molecule has 0 amide bonds. The van der Waals surface area contributed by atoms with Crippen LogP contribution in [0.2, 0.25) is 0 Å². The van der Waals surface area contributed by atoms with Gasteiger partial charge in [0.2, 0.25) is 0 Å². The van der Waals surface area contributed by atoms with Gasteiger partial charge in [-0.2, -0.15) is 0 Å². The van der Waals surface area contributed by atoms with Crippen LogP contribution in [-0.2, 0) is 0 Å². The maximum atomic E-state index is 5.22. The first-order valence-corrected chi connectivity index (χ1v) is 18.6. The Kier molecular flexibility index (Phi) is 7.67. The van der Waals surface area contributed by atoms with Gasteiger partial charge in [-0.15, -0.1) is 11.3 Å². The van der Waals surface area contributed by atoms with Crippen LogP contribution in [0, 0.1) is 0 Å². The van der Waals surface area contributed by atoms with Crippen LogP contribution in [0.3, 0.4) is 0 Å². The van der Waals surface area contributed by atoms with Crippen LogP contribution >= 0.6 is 11.3 Å². The normalized spacial score (nSPS) is 11.4. The Labute approximate surface area is 311 Å². The monoisotopic (exact) mass is 693 g/mol. The van der Waals surface area contributed by atoms with E-state index in [1.54, 1.807) is 11.3 Å². The second kappa shape index (κ2) is 13.1. The highest BCUT2D eigenvalue weighted by Gasteiger charge is 2.17. The number of benzene rings is 7. The van der Waals surface area contributed by atoms with Crippen LogP contribution in [0.25, 0.3) is 98.5 Å². The van der Waals surface area contributed by atoms with Gasteiger partial charge < -0.3 is 0 Å². The summed E-state index contributed by atoms with van der Waals surface area (Å²) in [5, 5.41) is 3.59. The van der Waals surface area contributed by atoms with Crippen molar-refractivity contribution in [2.45, 2.75) is 0 Å². The number of hydrogen-bond donors (Lipinski definition) is 0. The Balaban J connectivity index is 1.04. The van der Waals surface area contributed by atoms with Gasteiger partial charge in [0.1, 0.15) is 0 Å². The van der Waals surface area contributed by atoms with Crippen LogP contribution in [-0.4, -0.2) is 15.0 Å². The Morgan fingerprint density at radius 3 is 1.75 bits per heavy atom. The second-order valence-electron chi connectivity index (χ2n) is 13.3. The van der Waals surface area contributed by atoms with Crippen LogP contribution in [0.4, 0.5) is 0 Å². The van der Waals surface area contributed by atoms with Gasteiger partial charge >= 0.3 is 0 Å². The Hall–Kier alpha value is -6.75. The van der Waals surface area contributed by atoms with Crippen molar-refractivity contribution < 1.29 is 0 Å². The lowest BCUT2D eigenvalue weighted by Crippen LogP contribution is -1.94. The van der Waals surface area contributed by atoms with Crippen molar-refractivity contribution in [2.75, 3.05) is 0 Å². The summed E-state index contributed by atoms with van der Waals surface area (Å²) in [4.78, 5) is 15.6. The van der Waals surface area contributed by atoms with Crippen molar-refractivity contribution >= 4 is 42.4 Å². The van der Waals surface area contributed by atoms with E-state index >= 15 is 0 Å². The van der Waals surface area contributed by atoms with Gasteiger partial charge in [0.25, 0.3) is 0 Å². The van der Waals surface area contributed by atoms with E-state index in [0.29, 0.717) is 0 Å². The van der Waals surface area contributed by atoms with Gasteiger partial charge in [0.05, 0.1) is 27.3 Å². The maximum Gasteiger partial charge on any atom is 0.160 e. The molecule has 0 saturated heterocycles. The average molecular weight is 694 g/mol. The fraction of sp³-hybridized carbons (Fsp3) is 0. The maximum absolute atomic E-state index is 5.22. The van der Waals surface area contributed by atoms with E-state index in [1.165, 1.54) is 15.5 Å². The number of nitrogens with zero attached hydrogens (tertiary/aromatic N) is 3. The molecular weight excluding hydrogens is 663 g/mol. The predicted molar refractivity (Wildman–Crippen MR) is 223 cm³/mol. The van der Waals surface area contributed by atoms with Gasteiger partial charge in [-0.1, -0.05) is 158 Å². The van der Waals surface area contributed by atoms with Gasteiger partial charge in [0, 0.05) is 32.3 Å². The first-order valence-electron chi connectivity index (χ1n) is 17.8. The van der Waals surface area contributed by atoms with Gasteiger partial charge in [0.15, 0.2) is 5.82 Å². The fourth-order valence-electron chi connectivity index (χ4n) is 7.16. The molecule has 10 aromatic rings. The summed E-state index contributed by atoms with van der Waals surface area (Å²) in [6, 6.07) is 66.2. The zero-order valence-corrected chi connectivity index (χ0v) is 29.5. The largest absolute Gasteiger partial charge is 0.248 e. The van der Waals surface area contributed by atoms with E-state index in [-0.39, 0.29) is 0 Å². The van der Waals surface area contributed by atoms with E-state index < -0.39 is 0 Å². The van der Waals surface area contributed by atoms with Gasteiger partial charge in [-0.3, -0.25) is 0 Å². The molecular formula is C49H31N3S. The summed E-state index contributed by atoms with van der Waals surface area (Å²) in [7, 11) is 0. The molecule has 0 unspecified atom stereocenters. The van der Waals surface area contributed by atoms with Crippen LogP contribution in [0.1, 0.15) is 0 Å². The topological polar surface area (TPSA) is 38.7 Å². The molecule has 0 fully saturated rings. The first-order chi connectivity index (χ1) is 26.2. The number of pyridine rings is 1. The molecule has 7 aromatic carbocycles. The van der Waals surface area contributed by atoms with Gasteiger partial charge in [-0.25, -0.2) is 15.0 Å². The molecule has 0 aliphatic heterocycles. The number of rotatable bonds is 6. The predicted octanol–water partition coefficient (Wildman–Crippen LogP) is 13.4. The van der Waals surface area contributed by atoms with Gasteiger partial charge in [-0.05, 0) is 63.4 Å². The zero-order valence-electron chi connectivity index (χ0n) is 28.6. The molecule has 3 aromatic heterocycles. The highest BCUT2D eigenvalue weighted by molar-refractivity contribution is 7.26. The lowest BCUT2D eigenvalue weighted by atomic mass is 9.97. The third kappa shape index (κ3) is 5.85. The summed E-state index contributed by atoms with van der Waals surface area (Å²) >= 11 is 1.76. The van der Waals surface area contributed by atoms with E-state index in [1.807, 2.05) is 6.07 Å². The molecule has 53 heavy (non-hydrogen) atoms. The number of hydrogen-bond acceptors (Lipinski definition) is 4. The minimum absolute atomic E-state index is 0.724. The Bertz CT molecular complexity index is 2930. The molecule has 248 valence electrons. The summed E-state index contributed by atoms with van der Waals surface area (Å²) in [6.07, 6.45) is 0. The SMILES string of the molecule is c1ccc(-c2cc(-c3ccc(-c4cccc(-c5nc(-c6ccccc6)c6sc7ccccc7c6n5)c4)cc3)nc(-c3ccc4ccccc4c3)c2)cc1. The summed E-state index contributed by atoms with van der Waals surface area (Å²) in [5.74, 6) is 0.724. The quantitative estimate of drug-likeness (QED) is 0.174. The molecule has 0 radical (unpaired) electrons. The minimum Gasteiger partial charge on any atom is -0.248 e. The van der Waals surface area contributed by atoms with Crippen LogP contribution in [0.15, 0.2) is 188 Å². The fourth-order valence-corrected chi connectivity index (χ4v) is 8.31. The molecule has 3 heterocycles. The van der Waals surface area contributed by atoms with Crippen molar-refractivity contribution in [3.63, 3.8) is 0 Å². The van der Waals surface area contributed by atoms with E-state index in [2.05, 4.69) is 182 Å². The van der Waals surface area contributed by atoms with E-state index in [0.717, 1.165) is 83.0 Å². The van der Waals surface area contributed by atoms with E-state index in [4.69, 9.17) is 15.0 Å². The molecule has 0 atom stereocenters. The third-order valence-electron chi connectivity index (χ3n) is 9.88.